The highest BCUT2D eigenvalue weighted by atomic mass is 16.1. The molecule has 1 saturated heterocycles. The number of piperidine rings is 1. The molecular weight excluding hydrogens is 372 g/mol. The fourth-order valence-corrected chi connectivity index (χ4v) is 5.14. The summed E-state index contributed by atoms with van der Waals surface area (Å²) in [6.07, 6.45) is 9.26. The molecule has 2 heterocycles. The van der Waals surface area contributed by atoms with Crippen LogP contribution in [0.4, 0.5) is 0 Å². The van der Waals surface area contributed by atoms with Crippen LogP contribution in [0.3, 0.4) is 0 Å². The van der Waals surface area contributed by atoms with Crippen LogP contribution >= 0.6 is 0 Å². The van der Waals surface area contributed by atoms with Gasteiger partial charge in [0.2, 0.25) is 0 Å². The summed E-state index contributed by atoms with van der Waals surface area (Å²) in [5, 5.41) is 7.40. The van der Waals surface area contributed by atoms with Crippen LogP contribution in [0.2, 0.25) is 0 Å². The van der Waals surface area contributed by atoms with Crippen LogP contribution in [0.25, 0.3) is 0 Å². The fourth-order valence-electron chi connectivity index (χ4n) is 5.14. The monoisotopic (exact) mass is 410 g/mol. The van der Waals surface area contributed by atoms with Crippen LogP contribution in [-0.2, 0) is 12.5 Å². The number of aryl methyl sites for hydroxylation is 1. The largest absolute Gasteiger partial charge is 0.345 e. The lowest BCUT2D eigenvalue weighted by Crippen LogP contribution is -2.46. The van der Waals surface area contributed by atoms with Gasteiger partial charge in [-0.15, -0.1) is 0 Å². The summed E-state index contributed by atoms with van der Waals surface area (Å²) in [5.74, 6) is -0.0316. The number of likely N-dealkylation sites (tertiary alicyclic amines) is 1. The standard InChI is InChI=1S/C25H36N4O.H2/c1-24(2,3)11-14-29-15-12-25(13-16-29)10-9-22(20-7-5-6-8-21(20)25)27-23(30)19-17-26-28(4)18-19;/h5-8,17-18,22H,9-16H2,1-4H3,(H,27,30);1H/t22-;/m1./s1. The first-order valence-electron chi connectivity index (χ1n) is 11.4. The van der Waals surface area contributed by atoms with Crippen LogP contribution in [0.5, 0.6) is 0 Å². The molecule has 30 heavy (non-hydrogen) atoms. The average molecular weight is 411 g/mol. The van der Waals surface area contributed by atoms with Crippen molar-refractivity contribution < 1.29 is 6.22 Å². The van der Waals surface area contributed by atoms with E-state index in [1.165, 1.54) is 50.0 Å². The molecule has 5 heteroatoms. The molecule has 1 N–H and O–H groups in total. The van der Waals surface area contributed by atoms with Crippen LogP contribution in [-0.4, -0.2) is 40.2 Å². The van der Waals surface area contributed by atoms with E-state index in [9.17, 15) is 4.79 Å². The topological polar surface area (TPSA) is 50.2 Å². The fraction of sp³-hybridized carbons (Fsp3) is 0.600. The number of nitrogens with one attached hydrogen (secondary N) is 1. The lowest BCUT2D eigenvalue weighted by Gasteiger charge is -2.47. The SMILES string of the molecule is Cn1cc(C(=O)N[C@@H]2CCC3(CCN(CCC(C)(C)C)CC3)c3ccccc32)cn1.[HH]. The van der Waals surface area contributed by atoms with E-state index in [-0.39, 0.29) is 18.8 Å². The number of hydrogen-bond donors (Lipinski definition) is 1. The van der Waals surface area contributed by atoms with E-state index in [1.54, 1.807) is 17.1 Å². The minimum atomic E-state index is -0.0316. The van der Waals surface area contributed by atoms with Crippen LogP contribution in [0, 0.1) is 5.41 Å². The molecule has 4 rings (SSSR count). The Kier molecular flexibility index (Phi) is 5.75. The van der Waals surface area contributed by atoms with Gasteiger partial charge >= 0.3 is 0 Å². The number of aromatic nitrogens is 2. The summed E-state index contributed by atoms with van der Waals surface area (Å²) in [4.78, 5) is 15.4. The number of amides is 1. The van der Waals surface area contributed by atoms with Crippen LogP contribution < -0.4 is 5.32 Å². The predicted octanol–water partition coefficient (Wildman–Crippen LogP) is 4.70. The summed E-state index contributed by atoms with van der Waals surface area (Å²) >= 11 is 0. The van der Waals surface area contributed by atoms with Gasteiger partial charge in [0.25, 0.3) is 5.91 Å². The molecule has 0 bridgehead atoms. The van der Waals surface area contributed by atoms with Crippen LogP contribution in [0.15, 0.2) is 36.7 Å². The second-order valence-corrected chi connectivity index (χ2v) is 10.5. The quantitative estimate of drug-likeness (QED) is 0.795. The highest BCUT2D eigenvalue weighted by molar-refractivity contribution is 5.94. The van der Waals surface area contributed by atoms with E-state index < -0.39 is 0 Å². The van der Waals surface area contributed by atoms with Gasteiger partial charge in [0.1, 0.15) is 0 Å². The molecule has 5 nitrogen and oxygen atoms in total. The maximum Gasteiger partial charge on any atom is 0.254 e. The second kappa shape index (κ2) is 8.18. The molecule has 1 aliphatic heterocycles. The van der Waals surface area contributed by atoms with Crippen molar-refractivity contribution in [2.75, 3.05) is 19.6 Å². The maximum absolute atomic E-state index is 12.7. The first-order valence-corrected chi connectivity index (χ1v) is 11.4. The Labute approximate surface area is 182 Å². The number of fused-ring (bicyclic) bond motifs is 2. The third kappa shape index (κ3) is 4.46. The van der Waals surface area contributed by atoms with E-state index >= 15 is 0 Å². The van der Waals surface area contributed by atoms with E-state index in [0.717, 1.165) is 12.8 Å². The Balaban J connectivity index is 0.00000272. The Hall–Kier alpha value is -2.14. The lowest BCUT2D eigenvalue weighted by molar-refractivity contribution is 0.0914. The van der Waals surface area contributed by atoms with Gasteiger partial charge < -0.3 is 10.2 Å². The summed E-state index contributed by atoms with van der Waals surface area (Å²) in [7, 11) is 1.84. The van der Waals surface area contributed by atoms with Gasteiger partial charge in [-0.25, -0.2) is 0 Å². The Bertz CT molecular complexity index is 893. The van der Waals surface area contributed by atoms with E-state index in [0.29, 0.717) is 11.0 Å². The van der Waals surface area contributed by atoms with Crippen molar-refractivity contribution in [1.82, 2.24) is 20.0 Å². The third-order valence-corrected chi connectivity index (χ3v) is 7.08. The summed E-state index contributed by atoms with van der Waals surface area (Å²) in [6.45, 7) is 10.5. The molecule has 2 aliphatic rings. The zero-order valence-electron chi connectivity index (χ0n) is 18.9. The highest BCUT2D eigenvalue weighted by Gasteiger charge is 2.42. The predicted molar refractivity (Wildman–Crippen MR) is 123 cm³/mol. The van der Waals surface area contributed by atoms with Gasteiger partial charge in [0.05, 0.1) is 17.8 Å². The molecule has 2 aromatic rings. The summed E-state index contributed by atoms with van der Waals surface area (Å²) in [6, 6.07) is 8.88. The molecule has 1 aliphatic carbocycles. The van der Waals surface area contributed by atoms with Gasteiger partial charge in [-0.1, -0.05) is 45.0 Å². The lowest BCUT2D eigenvalue weighted by atomic mass is 9.63. The zero-order chi connectivity index (χ0) is 21.4. The molecule has 0 unspecified atom stereocenters. The Morgan fingerprint density at radius 2 is 1.97 bits per heavy atom. The van der Waals surface area contributed by atoms with Crippen molar-refractivity contribution in [3.63, 3.8) is 0 Å². The summed E-state index contributed by atoms with van der Waals surface area (Å²) < 4.78 is 1.67. The van der Waals surface area contributed by atoms with Crippen LogP contribution in [0.1, 0.15) is 81.8 Å². The molecule has 1 fully saturated rings. The van der Waals surface area contributed by atoms with Gasteiger partial charge in [-0.2, -0.15) is 5.10 Å². The molecule has 1 atom stereocenters. The smallest absolute Gasteiger partial charge is 0.254 e. The number of hydrogen-bond acceptors (Lipinski definition) is 3. The number of carbonyl (C=O) groups excluding carboxylic acids is 1. The molecule has 1 aromatic heterocycles. The molecule has 1 spiro atoms. The van der Waals surface area contributed by atoms with Crippen molar-refractivity contribution >= 4 is 5.91 Å². The minimum Gasteiger partial charge on any atom is -0.345 e. The van der Waals surface area contributed by atoms with Gasteiger partial charge in [-0.3, -0.25) is 9.48 Å². The van der Waals surface area contributed by atoms with Gasteiger partial charge in [-0.05, 0) is 73.7 Å². The first-order chi connectivity index (χ1) is 14.3. The first kappa shape index (κ1) is 21.1. The minimum absolute atomic E-state index is 0. The number of rotatable bonds is 4. The molecule has 1 aromatic carbocycles. The zero-order valence-corrected chi connectivity index (χ0v) is 18.9. The van der Waals surface area contributed by atoms with Crippen molar-refractivity contribution in [2.45, 2.75) is 64.3 Å². The summed E-state index contributed by atoms with van der Waals surface area (Å²) in [5.41, 5.74) is 4.06. The van der Waals surface area contributed by atoms with Gasteiger partial charge in [0.15, 0.2) is 0 Å². The number of carbonyl (C=O) groups is 1. The van der Waals surface area contributed by atoms with Crippen molar-refractivity contribution in [3.05, 3.63) is 53.3 Å². The second-order valence-electron chi connectivity index (χ2n) is 10.5. The maximum atomic E-state index is 12.7. The molecule has 164 valence electrons. The van der Waals surface area contributed by atoms with Crippen molar-refractivity contribution in [2.24, 2.45) is 12.5 Å². The Morgan fingerprint density at radius 3 is 2.63 bits per heavy atom. The van der Waals surface area contributed by atoms with E-state index in [1.807, 2.05) is 7.05 Å². The number of nitrogens with zero attached hydrogens (tertiary/aromatic N) is 3. The Morgan fingerprint density at radius 1 is 1.23 bits per heavy atom. The number of benzene rings is 1. The third-order valence-electron chi connectivity index (χ3n) is 7.08. The van der Waals surface area contributed by atoms with Crippen molar-refractivity contribution in [1.29, 1.82) is 0 Å². The van der Waals surface area contributed by atoms with Crippen molar-refractivity contribution in [3.8, 4) is 0 Å². The molecular formula is C25H38N4O. The molecule has 0 saturated carbocycles. The highest BCUT2D eigenvalue weighted by Crippen LogP contribution is 2.48. The average Bonchev–Trinajstić information content (AvgIpc) is 3.16. The van der Waals surface area contributed by atoms with Gasteiger partial charge in [0, 0.05) is 14.7 Å². The molecule has 0 radical (unpaired) electrons. The normalized spacial score (nSPS) is 21.4. The molecule has 1 amide bonds. The van der Waals surface area contributed by atoms with E-state index in [2.05, 4.69) is 60.4 Å². The van der Waals surface area contributed by atoms with E-state index in [4.69, 9.17) is 0 Å².